The van der Waals surface area contributed by atoms with E-state index in [1.165, 1.54) is 0 Å². The fraction of sp³-hybridized carbons (Fsp3) is 0.500. The SMILES string of the molecule is COCc1ccc(Cl)cc1C(CC(=O)O)C1CC1. The van der Waals surface area contributed by atoms with Crippen molar-refractivity contribution in [2.45, 2.75) is 31.8 Å². The number of carboxylic acid groups (broad SMARTS) is 1. The Bertz CT molecular complexity index is 441. The second-order valence-electron chi connectivity index (χ2n) is 4.82. The van der Waals surface area contributed by atoms with Crippen molar-refractivity contribution in [2.24, 2.45) is 5.92 Å². The molecule has 2 rings (SSSR count). The summed E-state index contributed by atoms with van der Waals surface area (Å²) in [6, 6.07) is 5.64. The molecule has 1 fully saturated rings. The van der Waals surface area contributed by atoms with E-state index in [2.05, 4.69) is 0 Å². The molecular weight excluding hydrogens is 252 g/mol. The van der Waals surface area contributed by atoms with Crippen molar-refractivity contribution < 1.29 is 14.6 Å². The topological polar surface area (TPSA) is 46.5 Å². The molecule has 0 radical (unpaired) electrons. The molecule has 0 aliphatic heterocycles. The molecule has 1 saturated carbocycles. The van der Waals surface area contributed by atoms with Gasteiger partial charge in [-0.1, -0.05) is 17.7 Å². The summed E-state index contributed by atoms with van der Waals surface area (Å²) in [5.41, 5.74) is 2.08. The summed E-state index contributed by atoms with van der Waals surface area (Å²) in [4.78, 5) is 11.0. The van der Waals surface area contributed by atoms with E-state index < -0.39 is 5.97 Å². The highest BCUT2D eigenvalue weighted by molar-refractivity contribution is 6.30. The summed E-state index contributed by atoms with van der Waals surface area (Å²) >= 11 is 6.03. The second-order valence-corrected chi connectivity index (χ2v) is 5.25. The first-order valence-corrected chi connectivity index (χ1v) is 6.48. The molecule has 1 aliphatic carbocycles. The number of halogens is 1. The molecule has 1 aromatic carbocycles. The van der Waals surface area contributed by atoms with Gasteiger partial charge in [0.1, 0.15) is 0 Å². The highest BCUT2D eigenvalue weighted by Gasteiger charge is 2.34. The van der Waals surface area contributed by atoms with Crippen molar-refractivity contribution in [1.82, 2.24) is 0 Å². The number of carboxylic acids is 1. The number of aliphatic carboxylic acids is 1. The Balaban J connectivity index is 2.32. The zero-order chi connectivity index (χ0) is 13.1. The second kappa shape index (κ2) is 5.72. The fourth-order valence-electron chi connectivity index (χ4n) is 2.42. The quantitative estimate of drug-likeness (QED) is 0.859. The van der Waals surface area contributed by atoms with E-state index in [1.807, 2.05) is 18.2 Å². The van der Waals surface area contributed by atoms with Gasteiger partial charge in [0.05, 0.1) is 13.0 Å². The summed E-state index contributed by atoms with van der Waals surface area (Å²) < 4.78 is 5.17. The van der Waals surface area contributed by atoms with Gasteiger partial charge in [0.15, 0.2) is 0 Å². The van der Waals surface area contributed by atoms with Gasteiger partial charge in [-0.2, -0.15) is 0 Å². The van der Waals surface area contributed by atoms with E-state index in [-0.39, 0.29) is 12.3 Å². The molecular formula is C14H17ClO3. The third-order valence-corrected chi connectivity index (χ3v) is 3.63. The number of methoxy groups -OCH3 is 1. The van der Waals surface area contributed by atoms with Crippen LogP contribution in [-0.2, 0) is 16.1 Å². The third-order valence-electron chi connectivity index (χ3n) is 3.39. The first-order chi connectivity index (χ1) is 8.61. The van der Waals surface area contributed by atoms with Gasteiger partial charge < -0.3 is 9.84 Å². The molecule has 0 saturated heterocycles. The number of benzene rings is 1. The predicted molar refractivity (Wildman–Crippen MR) is 69.9 cm³/mol. The van der Waals surface area contributed by atoms with Crippen LogP contribution in [0.3, 0.4) is 0 Å². The van der Waals surface area contributed by atoms with E-state index in [0.29, 0.717) is 17.5 Å². The molecule has 1 unspecified atom stereocenters. The van der Waals surface area contributed by atoms with Gasteiger partial charge in [0.25, 0.3) is 0 Å². The van der Waals surface area contributed by atoms with Crippen LogP contribution >= 0.6 is 11.6 Å². The molecule has 1 atom stereocenters. The van der Waals surface area contributed by atoms with Crippen molar-refractivity contribution >= 4 is 17.6 Å². The first kappa shape index (κ1) is 13.4. The Labute approximate surface area is 112 Å². The maximum absolute atomic E-state index is 11.0. The average Bonchev–Trinajstić information content (AvgIpc) is 3.12. The number of hydrogen-bond donors (Lipinski definition) is 1. The van der Waals surface area contributed by atoms with Gasteiger partial charge in [-0.25, -0.2) is 0 Å². The Morgan fingerprint density at radius 1 is 1.56 bits per heavy atom. The minimum Gasteiger partial charge on any atom is -0.481 e. The summed E-state index contributed by atoms with van der Waals surface area (Å²) in [6.45, 7) is 0.495. The number of carbonyl (C=O) groups is 1. The molecule has 1 aliphatic rings. The lowest BCUT2D eigenvalue weighted by Gasteiger charge is -2.19. The maximum Gasteiger partial charge on any atom is 0.303 e. The van der Waals surface area contributed by atoms with Crippen LogP contribution in [0.15, 0.2) is 18.2 Å². The van der Waals surface area contributed by atoms with Gasteiger partial charge in [-0.05, 0) is 47.9 Å². The predicted octanol–water partition coefficient (Wildman–Crippen LogP) is 3.45. The molecule has 1 N–H and O–H groups in total. The zero-order valence-corrected chi connectivity index (χ0v) is 11.1. The Morgan fingerprint density at radius 3 is 2.83 bits per heavy atom. The van der Waals surface area contributed by atoms with Crippen LogP contribution in [0.5, 0.6) is 0 Å². The molecule has 3 nitrogen and oxygen atoms in total. The Morgan fingerprint density at radius 2 is 2.28 bits per heavy atom. The highest BCUT2D eigenvalue weighted by Crippen LogP contribution is 2.46. The largest absolute Gasteiger partial charge is 0.481 e. The summed E-state index contributed by atoms with van der Waals surface area (Å²) in [6.07, 6.45) is 2.38. The van der Waals surface area contributed by atoms with Gasteiger partial charge >= 0.3 is 5.97 Å². The Hall–Kier alpha value is -1.06. The lowest BCUT2D eigenvalue weighted by Crippen LogP contribution is -2.11. The van der Waals surface area contributed by atoms with Gasteiger partial charge in [-0.15, -0.1) is 0 Å². The fourth-order valence-corrected chi connectivity index (χ4v) is 2.60. The maximum atomic E-state index is 11.0. The molecule has 0 spiro atoms. The average molecular weight is 269 g/mol. The van der Waals surface area contributed by atoms with Crippen molar-refractivity contribution in [2.75, 3.05) is 7.11 Å². The number of rotatable bonds is 6. The van der Waals surface area contributed by atoms with Crippen LogP contribution in [0.2, 0.25) is 5.02 Å². The van der Waals surface area contributed by atoms with Gasteiger partial charge in [0, 0.05) is 12.1 Å². The minimum atomic E-state index is -0.754. The van der Waals surface area contributed by atoms with Crippen LogP contribution in [0.1, 0.15) is 36.3 Å². The number of ether oxygens (including phenoxy) is 1. The van der Waals surface area contributed by atoms with Crippen molar-refractivity contribution in [3.8, 4) is 0 Å². The highest BCUT2D eigenvalue weighted by atomic mass is 35.5. The van der Waals surface area contributed by atoms with E-state index in [0.717, 1.165) is 24.0 Å². The van der Waals surface area contributed by atoms with E-state index >= 15 is 0 Å². The van der Waals surface area contributed by atoms with Crippen LogP contribution in [0.25, 0.3) is 0 Å². The lowest BCUT2D eigenvalue weighted by atomic mass is 9.88. The summed E-state index contributed by atoms with van der Waals surface area (Å²) in [5, 5.41) is 9.70. The molecule has 4 heteroatoms. The van der Waals surface area contributed by atoms with Crippen LogP contribution < -0.4 is 0 Å². The number of hydrogen-bond acceptors (Lipinski definition) is 2. The monoisotopic (exact) mass is 268 g/mol. The molecule has 18 heavy (non-hydrogen) atoms. The van der Waals surface area contributed by atoms with Crippen molar-refractivity contribution in [3.63, 3.8) is 0 Å². The molecule has 0 amide bonds. The minimum absolute atomic E-state index is 0.0614. The van der Waals surface area contributed by atoms with Crippen molar-refractivity contribution in [3.05, 3.63) is 34.3 Å². The normalized spacial score (nSPS) is 16.6. The van der Waals surface area contributed by atoms with E-state index in [1.54, 1.807) is 7.11 Å². The molecule has 1 aromatic rings. The summed E-state index contributed by atoms with van der Waals surface area (Å²) in [7, 11) is 1.64. The molecule has 0 bridgehead atoms. The lowest BCUT2D eigenvalue weighted by molar-refractivity contribution is -0.137. The van der Waals surface area contributed by atoms with Crippen molar-refractivity contribution in [1.29, 1.82) is 0 Å². The van der Waals surface area contributed by atoms with E-state index in [9.17, 15) is 4.79 Å². The van der Waals surface area contributed by atoms with Crippen LogP contribution in [0, 0.1) is 5.92 Å². The van der Waals surface area contributed by atoms with E-state index in [4.69, 9.17) is 21.4 Å². The van der Waals surface area contributed by atoms with Gasteiger partial charge in [-0.3, -0.25) is 4.79 Å². The molecule has 0 heterocycles. The third kappa shape index (κ3) is 3.24. The van der Waals surface area contributed by atoms with Crippen LogP contribution in [-0.4, -0.2) is 18.2 Å². The molecule has 0 aromatic heterocycles. The smallest absolute Gasteiger partial charge is 0.303 e. The Kier molecular flexibility index (Phi) is 4.25. The zero-order valence-electron chi connectivity index (χ0n) is 10.4. The molecule has 98 valence electrons. The van der Waals surface area contributed by atoms with Crippen LogP contribution in [0.4, 0.5) is 0 Å². The van der Waals surface area contributed by atoms with Gasteiger partial charge in [0.2, 0.25) is 0 Å². The first-order valence-electron chi connectivity index (χ1n) is 6.11. The standard InChI is InChI=1S/C14H17ClO3/c1-18-8-10-4-5-11(15)6-12(10)13(7-14(16)17)9-2-3-9/h4-6,9,13H,2-3,7-8H2,1H3,(H,16,17). The summed E-state index contributed by atoms with van der Waals surface area (Å²) in [5.74, 6) is -0.211.